The molecule has 0 saturated carbocycles. The first-order chi connectivity index (χ1) is 16.1. The van der Waals surface area contributed by atoms with Gasteiger partial charge in [0.1, 0.15) is 0 Å². The van der Waals surface area contributed by atoms with Gasteiger partial charge in [0.2, 0.25) is 0 Å². The van der Waals surface area contributed by atoms with Crippen LogP contribution in [0.3, 0.4) is 0 Å². The monoisotopic (exact) mass is 524 g/mol. The Kier molecular flexibility index (Phi) is 9.10. The first-order valence-electron chi connectivity index (χ1n) is 12.6. The fourth-order valence-corrected chi connectivity index (χ4v) is 7.15. The van der Waals surface area contributed by atoms with E-state index in [2.05, 4.69) is 108 Å². The number of nitrogens with zero attached hydrogens (tertiary/aromatic N) is 2. The van der Waals surface area contributed by atoms with Crippen LogP contribution in [0.5, 0.6) is 0 Å². The minimum absolute atomic E-state index is 0.441. The fraction of sp³-hybridized carbons (Fsp3) is 0.500. The van der Waals surface area contributed by atoms with Crippen molar-refractivity contribution in [2.45, 2.75) is 84.5 Å². The van der Waals surface area contributed by atoms with Gasteiger partial charge in [-0.3, -0.25) is 0 Å². The Balaban J connectivity index is 2.31. The van der Waals surface area contributed by atoms with Crippen molar-refractivity contribution in [3.05, 3.63) is 71.3 Å². The van der Waals surface area contributed by atoms with Crippen LogP contribution in [0, 0.1) is 0 Å². The first kappa shape index (κ1) is 27.0. The van der Waals surface area contributed by atoms with Crippen molar-refractivity contribution in [2.24, 2.45) is 0 Å². The van der Waals surface area contributed by atoms with Gasteiger partial charge in [-0.05, 0) is 0 Å². The van der Waals surface area contributed by atoms with Crippen LogP contribution in [0.15, 0.2) is 49.1 Å². The predicted molar refractivity (Wildman–Crippen MR) is 150 cm³/mol. The quantitative estimate of drug-likeness (QED) is 0.251. The second-order valence-corrected chi connectivity index (χ2v) is 13.2. The molecule has 0 unspecified atom stereocenters. The summed E-state index contributed by atoms with van der Waals surface area (Å²) in [4.78, 5) is 5.11. The summed E-state index contributed by atoms with van der Waals surface area (Å²) in [6.07, 6.45) is 1.97. The second-order valence-electron chi connectivity index (χ2n) is 10.4. The van der Waals surface area contributed by atoms with Gasteiger partial charge in [0, 0.05) is 0 Å². The third kappa shape index (κ3) is 5.31. The van der Waals surface area contributed by atoms with E-state index in [1.54, 1.807) is 0 Å². The summed E-state index contributed by atoms with van der Waals surface area (Å²) >= 11 is -0.635. The molecular formula is C30H43ClN2Ni-2. The molecule has 4 heteroatoms. The van der Waals surface area contributed by atoms with E-state index in [1.165, 1.54) is 38.4 Å². The Morgan fingerprint density at radius 2 is 1.06 bits per heavy atom. The Morgan fingerprint density at radius 1 is 0.735 bits per heavy atom. The summed E-state index contributed by atoms with van der Waals surface area (Å²) in [7, 11) is 7.25. The third-order valence-electron chi connectivity index (χ3n) is 6.54. The van der Waals surface area contributed by atoms with E-state index < -0.39 is 12.1 Å². The summed E-state index contributed by atoms with van der Waals surface area (Å²) < 4.78 is 1.24. The van der Waals surface area contributed by atoms with E-state index in [9.17, 15) is 0 Å². The average Bonchev–Trinajstić information content (AvgIpc) is 3.22. The maximum absolute atomic E-state index is 7.25. The maximum atomic E-state index is 7.25. The van der Waals surface area contributed by atoms with Gasteiger partial charge in [-0.15, -0.1) is 0 Å². The number of allylic oxidation sites excluding steroid dienone is 1. The van der Waals surface area contributed by atoms with Gasteiger partial charge in [0.15, 0.2) is 0 Å². The van der Waals surface area contributed by atoms with Crippen LogP contribution in [-0.4, -0.2) is 17.8 Å². The van der Waals surface area contributed by atoms with E-state index in [0.717, 1.165) is 18.5 Å². The molecule has 0 aromatic heterocycles. The summed E-state index contributed by atoms with van der Waals surface area (Å²) in [6, 6.07) is 13.6. The molecule has 2 nitrogen and oxygen atoms in total. The molecule has 3 rings (SSSR count). The molecule has 1 fully saturated rings. The SMILES string of the molecule is C=C[CH2][Ni-2]([Cl])=[C]1N(c2c(C(C)C)cccc2C(C)C)CCN1c1c(C(C)C)cccc1C(C)C. The van der Waals surface area contributed by atoms with Crippen molar-refractivity contribution < 1.29 is 12.1 Å². The van der Waals surface area contributed by atoms with Crippen molar-refractivity contribution in [3.63, 3.8) is 0 Å². The Hall–Kier alpha value is -1.57. The van der Waals surface area contributed by atoms with E-state index in [4.69, 9.17) is 10.2 Å². The van der Waals surface area contributed by atoms with Crippen LogP contribution in [0.4, 0.5) is 11.4 Å². The molecule has 1 heterocycles. The molecule has 0 atom stereocenters. The standard InChI is InChI=1S/C27H38N2.C3H5.ClH.Ni/c1-18(2)22-11-9-12-23(19(3)4)26(22)28-15-16-29(17-28)27-24(20(5)6)13-10-14-25(27)21(7)8;1-3-2;;/h9-14,18-21H,15-16H2,1-8H3;3H,1-2H2;1H;/q;;;-1/p-1. The van der Waals surface area contributed by atoms with Gasteiger partial charge < -0.3 is 0 Å². The topological polar surface area (TPSA) is 6.48 Å². The molecule has 1 aliphatic heterocycles. The van der Waals surface area contributed by atoms with Crippen LogP contribution < -0.4 is 9.80 Å². The van der Waals surface area contributed by atoms with Gasteiger partial charge in [-0.25, -0.2) is 0 Å². The number of anilines is 2. The van der Waals surface area contributed by atoms with Gasteiger partial charge in [-0.1, -0.05) is 0 Å². The molecule has 0 spiro atoms. The minimum atomic E-state index is -0.635. The molecule has 0 bridgehead atoms. The predicted octanol–water partition coefficient (Wildman–Crippen LogP) is 8.97. The second kappa shape index (κ2) is 11.4. The molecule has 2 aromatic rings. The van der Waals surface area contributed by atoms with E-state index in [0.29, 0.717) is 23.7 Å². The summed E-state index contributed by atoms with van der Waals surface area (Å²) in [6.45, 7) is 24.3. The molecule has 0 N–H and O–H groups in total. The molecule has 2 aromatic carbocycles. The number of hydrogen-bond donors (Lipinski definition) is 0. The first-order valence-corrected chi connectivity index (χ1v) is 15.2. The van der Waals surface area contributed by atoms with Crippen LogP contribution in [0.25, 0.3) is 0 Å². The molecule has 0 aliphatic carbocycles. The normalized spacial score (nSPS) is 14.9. The van der Waals surface area contributed by atoms with Gasteiger partial charge in [0.25, 0.3) is 0 Å². The zero-order valence-electron chi connectivity index (χ0n) is 22.3. The van der Waals surface area contributed by atoms with Crippen LogP contribution in [0.2, 0.25) is 5.39 Å². The number of para-hydroxylation sites is 2. The third-order valence-corrected chi connectivity index (χ3v) is 9.04. The van der Waals surface area contributed by atoms with Gasteiger partial charge in [0.05, 0.1) is 0 Å². The van der Waals surface area contributed by atoms with Gasteiger partial charge in [-0.2, -0.15) is 0 Å². The van der Waals surface area contributed by atoms with Crippen molar-refractivity contribution in [1.29, 1.82) is 0 Å². The van der Waals surface area contributed by atoms with Crippen molar-refractivity contribution in [3.8, 4) is 0 Å². The number of benzene rings is 2. The molecule has 0 radical (unpaired) electrons. The van der Waals surface area contributed by atoms with E-state index >= 15 is 0 Å². The van der Waals surface area contributed by atoms with Crippen molar-refractivity contribution >= 4 is 26.3 Å². The summed E-state index contributed by atoms with van der Waals surface area (Å²) in [5.41, 5.74) is 8.35. The number of rotatable bonds is 8. The zero-order chi connectivity index (χ0) is 25.2. The Labute approximate surface area is 216 Å². The molecule has 1 aliphatic rings. The van der Waals surface area contributed by atoms with Gasteiger partial charge >= 0.3 is 217 Å². The Bertz CT molecular complexity index is 926. The van der Waals surface area contributed by atoms with E-state index in [-0.39, 0.29) is 0 Å². The molecule has 192 valence electrons. The van der Waals surface area contributed by atoms with Crippen LogP contribution in [-0.2, 0) is 12.1 Å². The molecule has 1 saturated heterocycles. The number of halogens is 1. The average molecular weight is 526 g/mol. The van der Waals surface area contributed by atoms with Crippen molar-refractivity contribution in [1.82, 2.24) is 0 Å². The molecular weight excluding hydrogens is 482 g/mol. The van der Waals surface area contributed by atoms with E-state index in [1.807, 2.05) is 6.08 Å². The fourth-order valence-electron chi connectivity index (χ4n) is 4.88. The summed E-state index contributed by atoms with van der Waals surface area (Å²) in [5.74, 6) is 1.76. The number of hydrogen-bond acceptors (Lipinski definition) is 2. The molecule has 34 heavy (non-hydrogen) atoms. The zero-order valence-corrected chi connectivity index (χ0v) is 24.0. The van der Waals surface area contributed by atoms with Crippen LogP contribution in [0.1, 0.15) is 101 Å². The van der Waals surface area contributed by atoms with Crippen LogP contribution >= 0.6 is 10.2 Å². The molecule has 0 amide bonds. The Morgan fingerprint density at radius 3 is 1.32 bits per heavy atom. The summed E-state index contributed by atoms with van der Waals surface area (Å²) in [5, 5.41) is 0.783. The van der Waals surface area contributed by atoms with Crippen molar-refractivity contribution in [2.75, 3.05) is 22.9 Å².